The molecule has 3 aromatic rings. The number of aliphatic hydroxyl groups excluding tert-OH is 1. The number of imidazole rings is 1. The SMILES string of the molecule is Nc1cccc2c1nc(-c1ccccc1Cl)n2CCCO. The van der Waals surface area contributed by atoms with E-state index in [1.165, 1.54) is 0 Å². The van der Waals surface area contributed by atoms with Crippen molar-refractivity contribution in [2.45, 2.75) is 13.0 Å². The summed E-state index contributed by atoms with van der Waals surface area (Å²) in [5.74, 6) is 0.780. The number of nitrogen functional groups attached to an aromatic ring is 1. The molecule has 0 radical (unpaired) electrons. The molecule has 3 N–H and O–H groups in total. The van der Waals surface area contributed by atoms with Crippen LogP contribution in [0.25, 0.3) is 22.4 Å². The third kappa shape index (κ3) is 2.48. The fourth-order valence-corrected chi connectivity index (χ4v) is 2.69. The molecule has 0 aliphatic carbocycles. The van der Waals surface area contributed by atoms with E-state index in [0.29, 0.717) is 23.7 Å². The molecule has 0 atom stereocenters. The first-order chi connectivity index (χ1) is 10.2. The van der Waals surface area contributed by atoms with Crippen molar-refractivity contribution in [2.24, 2.45) is 0 Å². The number of hydrogen-bond acceptors (Lipinski definition) is 3. The highest BCUT2D eigenvalue weighted by Crippen LogP contribution is 2.32. The Bertz CT molecular complexity index is 782. The van der Waals surface area contributed by atoms with Gasteiger partial charge in [0, 0.05) is 18.7 Å². The molecule has 2 aromatic carbocycles. The summed E-state index contributed by atoms with van der Waals surface area (Å²) in [5.41, 5.74) is 9.26. The molecule has 0 spiro atoms. The minimum atomic E-state index is 0.129. The van der Waals surface area contributed by atoms with E-state index < -0.39 is 0 Å². The predicted molar refractivity (Wildman–Crippen MR) is 86.3 cm³/mol. The molecule has 108 valence electrons. The highest BCUT2D eigenvalue weighted by Gasteiger charge is 2.15. The monoisotopic (exact) mass is 301 g/mol. The van der Waals surface area contributed by atoms with Crippen LogP contribution in [0.15, 0.2) is 42.5 Å². The first kappa shape index (κ1) is 13.9. The van der Waals surface area contributed by atoms with Gasteiger partial charge in [-0.15, -0.1) is 0 Å². The number of rotatable bonds is 4. The van der Waals surface area contributed by atoms with Crippen molar-refractivity contribution in [3.63, 3.8) is 0 Å². The number of halogens is 1. The summed E-state index contributed by atoms with van der Waals surface area (Å²) in [5, 5.41) is 9.77. The second kappa shape index (κ2) is 5.76. The van der Waals surface area contributed by atoms with Crippen LogP contribution in [-0.2, 0) is 6.54 Å². The number of aryl methyl sites for hydroxylation is 1. The second-order valence-corrected chi connectivity index (χ2v) is 5.27. The highest BCUT2D eigenvalue weighted by atomic mass is 35.5. The van der Waals surface area contributed by atoms with E-state index >= 15 is 0 Å². The van der Waals surface area contributed by atoms with Gasteiger partial charge >= 0.3 is 0 Å². The summed E-state index contributed by atoms with van der Waals surface area (Å²) in [7, 11) is 0. The molecule has 1 heterocycles. The van der Waals surface area contributed by atoms with Crippen molar-refractivity contribution in [1.82, 2.24) is 9.55 Å². The Morgan fingerprint density at radius 2 is 1.95 bits per heavy atom. The summed E-state index contributed by atoms with van der Waals surface area (Å²) in [4.78, 5) is 4.67. The smallest absolute Gasteiger partial charge is 0.142 e. The second-order valence-electron chi connectivity index (χ2n) is 4.86. The van der Waals surface area contributed by atoms with Crippen LogP contribution in [0.2, 0.25) is 5.02 Å². The van der Waals surface area contributed by atoms with Gasteiger partial charge in [0.2, 0.25) is 0 Å². The number of anilines is 1. The molecular formula is C16H16ClN3O. The van der Waals surface area contributed by atoms with Gasteiger partial charge in [-0.05, 0) is 30.7 Å². The summed E-state index contributed by atoms with van der Waals surface area (Å²) in [6.07, 6.45) is 0.651. The van der Waals surface area contributed by atoms with Gasteiger partial charge in [-0.1, -0.05) is 29.8 Å². The Morgan fingerprint density at radius 1 is 1.14 bits per heavy atom. The fraction of sp³-hybridized carbons (Fsp3) is 0.188. The highest BCUT2D eigenvalue weighted by molar-refractivity contribution is 6.33. The quantitative estimate of drug-likeness (QED) is 0.727. The number of para-hydroxylation sites is 1. The lowest BCUT2D eigenvalue weighted by molar-refractivity contribution is 0.281. The molecule has 5 heteroatoms. The van der Waals surface area contributed by atoms with Gasteiger partial charge in [0.1, 0.15) is 11.3 Å². The molecule has 0 bridgehead atoms. The van der Waals surface area contributed by atoms with E-state index in [2.05, 4.69) is 9.55 Å². The summed E-state index contributed by atoms with van der Waals surface area (Å²) < 4.78 is 2.06. The first-order valence-electron chi connectivity index (χ1n) is 6.83. The zero-order valence-electron chi connectivity index (χ0n) is 11.5. The average Bonchev–Trinajstić information content (AvgIpc) is 2.85. The lowest BCUT2D eigenvalue weighted by Crippen LogP contribution is -2.02. The summed E-state index contributed by atoms with van der Waals surface area (Å²) >= 11 is 6.30. The van der Waals surface area contributed by atoms with E-state index in [9.17, 15) is 0 Å². The van der Waals surface area contributed by atoms with Crippen molar-refractivity contribution in [3.05, 3.63) is 47.5 Å². The Balaban J connectivity index is 2.26. The van der Waals surface area contributed by atoms with Crippen LogP contribution in [-0.4, -0.2) is 21.3 Å². The Kier molecular flexibility index (Phi) is 3.82. The van der Waals surface area contributed by atoms with Crippen molar-refractivity contribution in [2.75, 3.05) is 12.3 Å². The molecule has 0 saturated heterocycles. The zero-order chi connectivity index (χ0) is 14.8. The van der Waals surface area contributed by atoms with Gasteiger partial charge in [-0.3, -0.25) is 0 Å². The standard InChI is InChI=1S/C16H16ClN3O/c17-12-6-2-1-5-11(12)16-19-15-13(18)7-3-8-14(15)20(16)9-4-10-21/h1-3,5-8,21H,4,9-10,18H2. The van der Waals surface area contributed by atoms with Crippen LogP contribution in [0.4, 0.5) is 5.69 Å². The third-order valence-corrected chi connectivity index (χ3v) is 3.79. The number of nitrogens with zero attached hydrogens (tertiary/aromatic N) is 2. The van der Waals surface area contributed by atoms with E-state index in [-0.39, 0.29) is 6.61 Å². The number of aliphatic hydroxyl groups is 1. The van der Waals surface area contributed by atoms with Crippen LogP contribution in [0, 0.1) is 0 Å². The summed E-state index contributed by atoms with van der Waals surface area (Å²) in [6.45, 7) is 0.793. The molecule has 1 aromatic heterocycles. The maximum atomic E-state index is 9.12. The Labute approximate surface area is 127 Å². The van der Waals surface area contributed by atoms with Crippen LogP contribution in [0.1, 0.15) is 6.42 Å². The summed E-state index contributed by atoms with van der Waals surface area (Å²) in [6, 6.07) is 13.3. The van der Waals surface area contributed by atoms with Gasteiger partial charge in [0.15, 0.2) is 0 Å². The molecule has 0 amide bonds. The fourth-order valence-electron chi connectivity index (χ4n) is 2.47. The van der Waals surface area contributed by atoms with Gasteiger partial charge in [-0.2, -0.15) is 0 Å². The van der Waals surface area contributed by atoms with Gasteiger partial charge < -0.3 is 15.4 Å². The largest absolute Gasteiger partial charge is 0.397 e. The van der Waals surface area contributed by atoms with Gasteiger partial charge in [0.25, 0.3) is 0 Å². The molecule has 3 rings (SSSR count). The van der Waals surface area contributed by atoms with Crippen molar-refractivity contribution in [3.8, 4) is 11.4 Å². The molecule has 4 nitrogen and oxygen atoms in total. The maximum Gasteiger partial charge on any atom is 0.142 e. The molecule has 0 fully saturated rings. The van der Waals surface area contributed by atoms with E-state index in [1.807, 2.05) is 42.5 Å². The molecule has 21 heavy (non-hydrogen) atoms. The molecule has 0 unspecified atom stereocenters. The minimum absolute atomic E-state index is 0.129. The molecule has 0 aliphatic heterocycles. The van der Waals surface area contributed by atoms with Crippen LogP contribution >= 0.6 is 11.6 Å². The van der Waals surface area contributed by atoms with E-state index in [1.54, 1.807) is 0 Å². The van der Waals surface area contributed by atoms with Crippen molar-refractivity contribution >= 4 is 28.3 Å². The number of benzene rings is 2. The lowest BCUT2D eigenvalue weighted by atomic mass is 10.2. The van der Waals surface area contributed by atoms with Crippen LogP contribution in [0.3, 0.4) is 0 Å². The average molecular weight is 302 g/mol. The van der Waals surface area contributed by atoms with Gasteiger partial charge in [0.05, 0.1) is 16.2 Å². The topological polar surface area (TPSA) is 64.1 Å². The van der Waals surface area contributed by atoms with E-state index in [4.69, 9.17) is 22.4 Å². The minimum Gasteiger partial charge on any atom is -0.397 e. The molecular weight excluding hydrogens is 286 g/mol. The normalized spacial score (nSPS) is 11.1. The predicted octanol–water partition coefficient (Wildman–Crippen LogP) is 3.32. The van der Waals surface area contributed by atoms with Crippen LogP contribution in [0.5, 0.6) is 0 Å². The lowest BCUT2D eigenvalue weighted by Gasteiger charge is -2.09. The maximum absolute atomic E-state index is 9.12. The zero-order valence-corrected chi connectivity index (χ0v) is 12.2. The molecule has 0 saturated carbocycles. The Morgan fingerprint density at radius 3 is 2.71 bits per heavy atom. The van der Waals surface area contributed by atoms with Crippen LogP contribution < -0.4 is 5.73 Å². The number of fused-ring (bicyclic) bond motifs is 1. The van der Waals surface area contributed by atoms with Crippen molar-refractivity contribution in [1.29, 1.82) is 0 Å². The number of aromatic nitrogens is 2. The molecule has 0 aliphatic rings. The van der Waals surface area contributed by atoms with E-state index in [0.717, 1.165) is 22.4 Å². The van der Waals surface area contributed by atoms with Gasteiger partial charge in [-0.25, -0.2) is 4.98 Å². The Hall–Kier alpha value is -2.04. The van der Waals surface area contributed by atoms with Crippen molar-refractivity contribution < 1.29 is 5.11 Å². The number of hydrogen-bond donors (Lipinski definition) is 2. The number of nitrogens with two attached hydrogens (primary N) is 1. The first-order valence-corrected chi connectivity index (χ1v) is 7.20. The third-order valence-electron chi connectivity index (χ3n) is 3.46.